The van der Waals surface area contributed by atoms with Crippen LogP contribution in [0.2, 0.25) is 5.15 Å². The second kappa shape index (κ2) is 5.77. The number of esters is 1. The minimum absolute atomic E-state index is 0.0221. The van der Waals surface area contributed by atoms with Crippen molar-refractivity contribution < 1.29 is 22.7 Å². The van der Waals surface area contributed by atoms with E-state index in [1.807, 2.05) is 0 Å². The molecular weight excluding hydrogens is 317 g/mol. The number of anilines is 1. The van der Waals surface area contributed by atoms with Gasteiger partial charge in [0.25, 0.3) is 0 Å². The minimum Gasteiger partial charge on any atom is -0.465 e. The number of aromatic nitrogens is 1. The van der Waals surface area contributed by atoms with Crippen LogP contribution in [0, 0.1) is 5.92 Å². The molecule has 20 heavy (non-hydrogen) atoms. The fourth-order valence-corrected chi connectivity index (χ4v) is 3.29. The molecule has 112 valence electrons. The Kier molecular flexibility index (Phi) is 4.43. The number of piperidine rings is 1. The standard InChI is InChI=1S/C11H12ClF3N2O2S/c1-19-9(18)7-8(12)16-10(20-7)17-4-2-6(3-5-17)11(13,14)15/h6H,2-5H2,1H3. The van der Waals surface area contributed by atoms with E-state index in [-0.39, 0.29) is 36.0 Å². The van der Waals surface area contributed by atoms with E-state index in [2.05, 4.69) is 9.72 Å². The first-order chi connectivity index (χ1) is 9.32. The molecule has 0 aliphatic carbocycles. The smallest absolute Gasteiger partial charge is 0.391 e. The molecule has 0 aromatic carbocycles. The van der Waals surface area contributed by atoms with Crippen LogP contribution >= 0.6 is 22.9 Å². The van der Waals surface area contributed by atoms with E-state index < -0.39 is 18.1 Å². The van der Waals surface area contributed by atoms with Crippen LogP contribution in [0.4, 0.5) is 18.3 Å². The number of nitrogens with zero attached hydrogens (tertiary/aromatic N) is 2. The fourth-order valence-electron chi connectivity index (χ4n) is 2.04. The van der Waals surface area contributed by atoms with Crippen LogP contribution in [0.15, 0.2) is 0 Å². The second-order valence-electron chi connectivity index (χ2n) is 4.41. The van der Waals surface area contributed by atoms with E-state index in [9.17, 15) is 18.0 Å². The van der Waals surface area contributed by atoms with E-state index in [0.29, 0.717) is 5.13 Å². The molecule has 2 rings (SSSR count). The number of methoxy groups -OCH3 is 1. The van der Waals surface area contributed by atoms with Gasteiger partial charge < -0.3 is 9.64 Å². The van der Waals surface area contributed by atoms with Gasteiger partial charge in [-0.2, -0.15) is 13.2 Å². The molecule has 0 atom stereocenters. The van der Waals surface area contributed by atoms with Gasteiger partial charge in [-0.3, -0.25) is 0 Å². The minimum atomic E-state index is -4.15. The number of hydrogen-bond acceptors (Lipinski definition) is 5. The van der Waals surface area contributed by atoms with Crippen LogP contribution in [0.1, 0.15) is 22.5 Å². The van der Waals surface area contributed by atoms with Crippen molar-refractivity contribution in [3.8, 4) is 0 Å². The molecule has 1 aliphatic rings. The maximum absolute atomic E-state index is 12.6. The van der Waals surface area contributed by atoms with E-state index in [0.717, 1.165) is 11.3 Å². The van der Waals surface area contributed by atoms with E-state index in [1.54, 1.807) is 4.90 Å². The van der Waals surface area contributed by atoms with Crippen molar-refractivity contribution in [2.24, 2.45) is 5.92 Å². The molecule has 9 heteroatoms. The number of alkyl halides is 3. The van der Waals surface area contributed by atoms with Gasteiger partial charge in [-0.15, -0.1) is 0 Å². The lowest BCUT2D eigenvalue weighted by atomic mass is 9.97. The van der Waals surface area contributed by atoms with Gasteiger partial charge in [-0.1, -0.05) is 22.9 Å². The molecule has 1 fully saturated rings. The summed E-state index contributed by atoms with van der Waals surface area (Å²) in [5.41, 5.74) is 0. The van der Waals surface area contributed by atoms with Crippen LogP contribution in [0.3, 0.4) is 0 Å². The number of halogens is 4. The lowest BCUT2D eigenvalue weighted by molar-refractivity contribution is -0.179. The molecule has 0 saturated carbocycles. The highest BCUT2D eigenvalue weighted by Gasteiger charge is 2.41. The quantitative estimate of drug-likeness (QED) is 0.781. The number of thiazole rings is 1. The number of carbonyl (C=O) groups is 1. The summed E-state index contributed by atoms with van der Waals surface area (Å²) in [4.78, 5) is 17.3. The van der Waals surface area contributed by atoms with Crippen molar-refractivity contribution in [1.29, 1.82) is 0 Å². The zero-order valence-electron chi connectivity index (χ0n) is 10.5. The summed E-state index contributed by atoms with van der Waals surface area (Å²) in [5, 5.41) is 0.478. The predicted octanol–water partition coefficient (Wildman–Crippen LogP) is 3.36. The summed E-state index contributed by atoms with van der Waals surface area (Å²) in [6.45, 7) is 0.489. The molecule has 0 amide bonds. The number of hydrogen-bond donors (Lipinski definition) is 0. The molecule has 1 aromatic heterocycles. The Morgan fingerprint density at radius 3 is 2.55 bits per heavy atom. The Balaban J connectivity index is 2.06. The van der Waals surface area contributed by atoms with Gasteiger partial charge in [0.2, 0.25) is 0 Å². The molecule has 2 heterocycles. The molecule has 0 spiro atoms. The van der Waals surface area contributed by atoms with Gasteiger partial charge in [-0.05, 0) is 12.8 Å². The highest BCUT2D eigenvalue weighted by atomic mass is 35.5. The van der Waals surface area contributed by atoms with Gasteiger partial charge in [0.05, 0.1) is 13.0 Å². The first-order valence-electron chi connectivity index (χ1n) is 5.89. The maximum Gasteiger partial charge on any atom is 0.391 e. The van der Waals surface area contributed by atoms with Gasteiger partial charge in [0, 0.05) is 13.1 Å². The monoisotopic (exact) mass is 328 g/mol. The number of rotatable bonds is 2. The summed E-state index contributed by atoms with van der Waals surface area (Å²) in [6.07, 6.45) is -4.10. The Morgan fingerprint density at radius 1 is 1.45 bits per heavy atom. The lowest BCUT2D eigenvalue weighted by Crippen LogP contribution is -2.38. The van der Waals surface area contributed by atoms with Gasteiger partial charge in [0.1, 0.15) is 0 Å². The third kappa shape index (κ3) is 3.17. The molecule has 0 unspecified atom stereocenters. The molecule has 1 saturated heterocycles. The average Bonchev–Trinajstić information content (AvgIpc) is 2.79. The highest BCUT2D eigenvalue weighted by Crippen LogP contribution is 2.37. The summed E-state index contributed by atoms with van der Waals surface area (Å²) >= 11 is 6.87. The van der Waals surface area contributed by atoms with Crippen LogP contribution in [-0.4, -0.2) is 37.3 Å². The third-order valence-corrected chi connectivity index (χ3v) is 4.66. The Morgan fingerprint density at radius 2 is 2.05 bits per heavy atom. The number of carbonyl (C=O) groups excluding carboxylic acids is 1. The lowest BCUT2D eigenvalue weighted by Gasteiger charge is -2.32. The topological polar surface area (TPSA) is 42.4 Å². The van der Waals surface area contributed by atoms with Crippen molar-refractivity contribution in [3.63, 3.8) is 0 Å². The largest absolute Gasteiger partial charge is 0.465 e. The summed E-state index contributed by atoms with van der Waals surface area (Å²) in [5.74, 6) is -1.86. The highest BCUT2D eigenvalue weighted by molar-refractivity contribution is 7.18. The van der Waals surface area contributed by atoms with Crippen molar-refractivity contribution >= 4 is 34.0 Å². The SMILES string of the molecule is COC(=O)c1sc(N2CCC(C(F)(F)F)CC2)nc1Cl. The van der Waals surface area contributed by atoms with Crippen molar-refractivity contribution in [2.45, 2.75) is 19.0 Å². The van der Waals surface area contributed by atoms with Crippen LogP contribution in [-0.2, 0) is 4.74 Å². The van der Waals surface area contributed by atoms with Crippen molar-refractivity contribution in [1.82, 2.24) is 4.98 Å². The second-order valence-corrected chi connectivity index (χ2v) is 5.75. The van der Waals surface area contributed by atoms with E-state index in [1.165, 1.54) is 7.11 Å². The van der Waals surface area contributed by atoms with Crippen LogP contribution < -0.4 is 4.90 Å². The summed E-state index contributed by atoms with van der Waals surface area (Å²) in [7, 11) is 1.23. The van der Waals surface area contributed by atoms with E-state index >= 15 is 0 Å². The summed E-state index contributed by atoms with van der Waals surface area (Å²) in [6, 6.07) is 0. The Labute approximate surface area is 122 Å². The molecule has 1 aromatic rings. The van der Waals surface area contributed by atoms with E-state index in [4.69, 9.17) is 11.6 Å². The zero-order valence-corrected chi connectivity index (χ0v) is 12.1. The maximum atomic E-state index is 12.6. The van der Waals surface area contributed by atoms with Crippen molar-refractivity contribution in [2.75, 3.05) is 25.1 Å². The van der Waals surface area contributed by atoms with Gasteiger partial charge in [0.15, 0.2) is 15.2 Å². The van der Waals surface area contributed by atoms with Gasteiger partial charge >= 0.3 is 12.1 Å². The first kappa shape index (κ1) is 15.4. The predicted molar refractivity (Wildman–Crippen MR) is 69.5 cm³/mol. The summed E-state index contributed by atoms with van der Waals surface area (Å²) < 4.78 is 42.3. The average molecular weight is 329 g/mol. The van der Waals surface area contributed by atoms with Crippen molar-refractivity contribution in [3.05, 3.63) is 10.0 Å². The molecule has 0 bridgehead atoms. The number of ether oxygens (including phenoxy) is 1. The van der Waals surface area contributed by atoms with Gasteiger partial charge in [-0.25, -0.2) is 9.78 Å². The fraction of sp³-hybridized carbons (Fsp3) is 0.636. The van der Waals surface area contributed by atoms with Crippen LogP contribution in [0.5, 0.6) is 0 Å². The molecular formula is C11H12ClF3N2O2S. The third-order valence-electron chi connectivity index (χ3n) is 3.17. The molecule has 1 aliphatic heterocycles. The van der Waals surface area contributed by atoms with Crippen LogP contribution in [0.25, 0.3) is 0 Å². The molecule has 0 radical (unpaired) electrons. The normalized spacial score (nSPS) is 17.4. The molecule has 4 nitrogen and oxygen atoms in total. The molecule has 0 N–H and O–H groups in total. The Hall–Kier alpha value is -1.02. The first-order valence-corrected chi connectivity index (χ1v) is 7.08. The Bertz CT molecular complexity index is 498. The zero-order chi connectivity index (χ0) is 14.9.